The molecular formula is C21H17F3N4O2. The standard InChI is InChI=1S/C21H17F3N4O2/c22-21(23,24)15-10-17(19(29)26-12-14-6-2-1-3-7-14)28-18(11-15)20(30)27-13-16-8-4-5-9-25-16/h1-11H,12-13H2,(H,26,29)(H,27,30). The second kappa shape index (κ2) is 9.17. The maximum Gasteiger partial charge on any atom is 0.416 e. The lowest BCUT2D eigenvalue weighted by atomic mass is 10.1. The lowest BCUT2D eigenvalue weighted by Crippen LogP contribution is -2.28. The van der Waals surface area contributed by atoms with Gasteiger partial charge in [-0.3, -0.25) is 14.6 Å². The monoisotopic (exact) mass is 414 g/mol. The number of nitrogens with zero attached hydrogens (tertiary/aromatic N) is 2. The number of amides is 2. The van der Waals surface area contributed by atoms with Crippen LogP contribution >= 0.6 is 0 Å². The van der Waals surface area contributed by atoms with Crippen LogP contribution in [-0.4, -0.2) is 21.8 Å². The summed E-state index contributed by atoms with van der Waals surface area (Å²) < 4.78 is 39.8. The number of nitrogens with one attached hydrogen (secondary N) is 2. The van der Waals surface area contributed by atoms with Gasteiger partial charge in [-0.25, -0.2) is 4.98 Å². The Kier molecular flexibility index (Phi) is 6.41. The van der Waals surface area contributed by atoms with Crippen LogP contribution in [0.25, 0.3) is 0 Å². The van der Waals surface area contributed by atoms with Crippen LogP contribution in [0.15, 0.2) is 66.9 Å². The van der Waals surface area contributed by atoms with E-state index in [1.807, 2.05) is 0 Å². The Hall–Kier alpha value is -3.75. The van der Waals surface area contributed by atoms with Gasteiger partial charge in [0.2, 0.25) is 0 Å². The lowest BCUT2D eigenvalue weighted by molar-refractivity contribution is -0.137. The molecule has 2 aromatic heterocycles. The number of carbonyl (C=O) groups excluding carboxylic acids is 2. The van der Waals surface area contributed by atoms with Crippen LogP contribution in [0.4, 0.5) is 13.2 Å². The summed E-state index contributed by atoms with van der Waals surface area (Å²) >= 11 is 0. The minimum atomic E-state index is -4.74. The van der Waals surface area contributed by atoms with E-state index in [2.05, 4.69) is 20.6 Å². The summed E-state index contributed by atoms with van der Waals surface area (Å²) in [6, 6.07) is 15.2. The highest BCUT2D eigenvalue weighted by molar-refractivity contribution is 5.96. The fraction of sp³-hybridized carbons (Fsp3) is 0.143. The maximum absolute atomic E-state index is 13.3. The first-order chi connectivity index (χ1) is 14.3. The van der Waals surface area contributed by atoms with Gasteiger partial charge in [0, 0.05) is 12.7 Å². The van der Waals surface area contributed by atoms with Crippen molar-refractivity contribution in [3.63, 3.8) is 0 Å². The maximum atomic E-state index is 13.3. The van der Waals surface area contributed by atoms with Crippen molar-refractivity contribution in [1.29, 1.82) is 0 Å². The van der Waals surface area contributed by atoms with Crippen LogP contribution in [-0.2, 0) is 19.3 Å². The first-order valence-corrected chi connectivity index (χ1v) is 8.92. The number of benzene rings is 1. The summed E-state index contributed by atoms with van der Waals surface area (Å²) in [4.78, 5) is 32.6. The van der Waals surface area contributed by atoms with E-state index in [0.29, 0.717) is 17.8 Å². The highest BCUT2D eigenvalue weighted by atomic mass is 19.4. The molecular weight excluding hydrogens is 397 g/mol. The van der Waals surface area contributed by atoms with E-state index < -0.39 is 34.9 Å². The third-order valence-electron chi connectivity index (χ3n) is 4.07. The smallest absolute Gasteiger partial charge is 0.347 e. The molecule has 2 heterocycles. The highest BCUT2D eigenvalue weighted by Crippen LogP contribution is 2.30. The number of pyridine rings is 2. The molecule has 0 saturated carbocycles. The Morgan fingerprint density at radius 2 is 1.43 bits per heavy atom. The topological polar surface area (TPSA) is 84.0 Å². The second-order valence-electron chi connectivity index (χ2n) is 6.30. The second-order valence-corrected chi connectivity index (χ2v) is 6.30. The van der Waals surface area contributed by atoms with Gasteiger partial charge in [-0.1, -0.05) is 36.4 Å². The highest BCUT2D eigenvalue weighted by Gasteiger charge is 2.33. The van der Waals surface area contributed by atoms with Gasteiger partial charge in [-0.2, -0.15) is 13.2 Å². The predicted molar refractivity (Wildman–Crippen MR) is 102 cm³/mol. The number of halogens is 3. The van der Waals surface area contributed by atoms with E-state index in [1.54, 1.807) is 48.5 Å². The van der Waals surface area contributed by atoms with E-state index >= 15 is 0 Å². The Bertz CT molecular complexity index is 952. The number of rotatable bonds is 6. The normalized spacial score (nSPS) is 11.0. The van der Waals surface area contributed by atoms with E-state index in [9.17, 15) is 22.8 Å². The number of hydrogen-bond acceptors (Lipinski definition) is 4. The van der Waals surface area contributed by atoms with Crippen LogP contribution in [0.3, 0.4) is 0 Å². The molecule has 0 fully saturated rings. The van der Waals surface area contributed by atoms with Crippen molar-refractivity contribution in [2.24, 2.45) is 0 Å². The van der Waals surface area contributed by atoms with Crippen molar-refractivity contribution >= 4 is 11.8 Å². The van der Waals surface area contributed by atoms with E-state index in [1.165, 1.54) is 6.20 Å². The fourth-order valence-corrected chi connectivity index (χ4v) is 2.56. The van der Waals surface area contributed by atoms with Crippen LogP contribution in [0.2, 0.25) is 0 Å². The molecule has 30 heavy (non-hydrogen) atoms. The molecule has 3 aromatic rings. The van der Waals surface area contributed by atoms with Crippen molar-refractivity contribution < 1.29 is 22.8 Å². The number of hydrogen-bond donors (Lipinski definition) is 2. The zero-order valence-corrected chi connectivity index (χ0v) is 15.6. The summed E-state index contributed by atoms with van der Waals surface area (Å²) in [5.41, 5.74) is -0.843. The first-order valence-electron chi connectivity index (χ1n) is 8.92. The first kappa shape index (κ1) is 21.0. The average molecular weight is 414 g/mol. The molecule has 0 atom stereocenters. The quantitative estimate of drug-likeness (QED) is 0.648. The molecule has 2 N–H and O–H groups in total. The van der Waals surface area contributed by atoms with Gasteiger partial charge >= 0.3 is 6.18 Å². The van der Waals surface area contributed by atoms with Gasteiger partial charge in [-0.05, 0) is 29.8 Å². The Morgan fingerprint density at radius 3 is 2.00 bits per heavy atom. The van der Waals surface area contributed by atoms with Gasteiger partial charge in [0.15, 0.2) is 0 Å². The van der Waals surface area contributed by atoms with Crippen molar-refractivity contribution in [3.05, 3.63) is 95.1 Å². The molecule has 0 radical (unpaired) electrons. The van der Waals surface area contributed by atoms with E-state index in [0.717, 1.165) is 5.56 Å². The summed E-state index contributed by atoms with van der Waals surface area (Å²) in [6.45, 7) is 0.117. The van der Waals surface area contributed by atoms with Gasteiger partial charge < -0.3 is 10.6 Å². The van der Waals surface area contributed by atoms with Crippen molar-refractivity contribution in [2.45, 2.75) is 19.3 Å². The molecule has 0 bridgehead atoms. The van der Waals surface area contributed by atoms with Gasteiger partial charge in [0.05, 0.1) is 17.8 Å². The summed E-state index contributed by atoms with van der Waals surface area (Å²) in [6.07, 6.45) is -3.22. The fourth-order valence-electron chi connectivity index (χ4n) is 2.56. The Labute approximate surface area is 170 Å². The molecule has 154 valence electrons. The third kappa shape index (κ3) is 5.63. The molecule has 3 rings (SSSR count). The Morgan fingerprint density at radius 1 is 0.833 bits per heavy atom. The minimum Gasteiger partial charge on any atom is -0.347 e. The molecule has 0 spiro atoms. The van der Waals surface area contributed by atoms with E-state index in [4.69, 9.17) is 0 Å². The van der Waals surface area contributed by atoms with Gasteiger partial charge in [0.25, 0.3) is 11.8 Å². The molecule has 0 aliphatic carbocycles. The summed E-state index contributed by atoms with van der Waals surface area (Å²) in [5.74, 6) is -1.66. The molecule has 0 unspecified atom stereocenters. The zero-order valence-electron chi connectivity index (χ0n) is 15.6. The molecule has 6 nitrogen and oxygen atoms in total. The predicted octanol–water partition coefficient (Wildman–Crippen LogP) is 3.36. The van der Waals surface area contributed by atoms with Crippen LogP contribution in [0, 0.1) is 0 Å². The largest absolute Gasteiger partial charge is 0.416 e. The number of carbonyl (C=O) groups is 2. The zero-order chi connectivity index (χ0) is 21.6. The summed E-state index contributed by atoms with van der Waals surface area (Å²) in [5, 5.41) is 4.96. The van der Waals surface area contributed by atoms with Crippen molar-refractivity contribution in [3.8, 4) is 0 Å². The molecule has 1 aromatic carbocycles. The molecule has 0 saturated heterocycles. The SMILES string of the molecule is O=C(NCc1ccccc1)c1cc(C(F)(F)F)cc(C(=O)NCc2ccccn2)n1. The van der Waals surface area contributed by atoms with Gasteiger partial charge in [0.1, 0.15) is 11.4 Å². The Balaban J connectivity index is 1.79. The van der Waals surface area contributed by atoms with Gasteiger partial charge in [-0.15, -0.1) is 0 Å². The van der Waals surface area contributed by atoms with Crippen molar-refractivity contribution in [2.75, 3.05) is 0 Å². The van der Waals surface area contributed by atoms with Crippen LogP contribution in [0.5, 0.6) is 0 Å². The number of aromatic nitrogens is 2. The lowest BCUT2D eigenvalue weighted by Gasteiger charge is -2.12. The molecule has 2 amide bonds. The summed E-state index contributed by atoms with van der Waals surface area (Å²) in [7, 11) is 0. The molecule has 9 heteroatoms. The van der Waals surface area contributed by atoms with E-state index in [-0.39, 0.29) is 13.1 Å². The van der Waals surface area contributed by atoms with Crippen LogP contribution < -0.4 is 10.6 Å². The third-order valence-corrected chi connectivity index (χ3v) is 4.07. The number of alkyl halides is 3. The molecule has 0 aliphatic rings. The van der Waals surface area contributed by atoms with Crippen molar-refractivity contribution in [1.82, 2.24) is 20.6 Å². The minimum absolute atomic E-state index is 0.00708. The average Bonchev–Trinajstić information content (AvgIpc) is 2.76. The molecule has 0 aliphatic heterocycles. The van der Waals surface area contributed by atoms with Crippen LogP contribution in [0.1, 0.15) is 37.8 Å².